The summed E-state index contributed by atoms with van der Waals surface area (Å²) in [6, 6.07) is 7.93. The molecule has 1 heterocycles. The van der Waals surface area contributed by atoms with E-state index in [1.807, 2.05) is 6.92 Å². The molecular formula is C16H22N4O2S. The van der Waals surface area contributed by atoms with Crippen LogP contribution in [0.15, 0.2) is 24.3 Å². The molecule has 23 heavy (non-hydrogen) atoms. The van der Waals surface area contributed by atoms with Gasteiger partial charge < -0.3 is 10.0 Å². The first-order chi connectivity index (χ1) is 10.7. The van der Waals surface area contributed by atoms with E-state index in [9.17, 15) is 9.90 Å². The van der Waals surface area contributed by atoms with Crippen molar-refractivity contribution in [2.45, 2.75) is 32.8 Å². The van der Waals surface area contributed by atoms with Gasteiger partial charge in [-0.3, -0.25) is 5.32 Å². The van der Waals surface area contributed by atoms with Crippen molar-refractivity contribution < 1.29 is 9.90 Å². The molecule has 0 bridgehead atoms. The Kier molecular flexibility index (Phi) is 5.33. The number of amides is 2. The number of aromatic nitrogens is 2. The molecule has 7 heteroatoms. The third-order valence-electron chi connectivity index (χ3n) is 3.13. The van der Waals surface area contributed by atoms with E-state index in [4.69, 9.17) is 0 Å². The molecule has 1 aromatic carbocycles. The van der Waals surface area contributed by atoms with Crippen molar-refractivity contribution in [3.63, 3.8) is 0 Å². The molecule has 0 saturated heterocycles. The topological polar surface area (TPSA) is 78.4 Å². The summed E-state index contributed by atoms with van der Waals surface area (Å²) in [5.74, 6) is 0. The molecule has 0 fully saturated rings. The molecule has 2 amide bonds. The number of likely N-dealkylation sites (N-methyl/N-ethyl adjacent to an activating group) is 1. The molecule has 0 aliphatic heterocycles. The first-order valence-electron chi connectivity index (χ1n) is 7.35. The number of rotatable bonds is 5. The van der Waals surface area contributed by atoms with Gasteiger partial charge in [0.25, 0.3) is 0 Å². The van der Waals surface area contributed by atoms with E-state index < -0.39 is 5.60 Å². The molecule has 124 valence electrons. The number of carbonyl (C=O) groups excluding carboxylic acids is 1. The number of nitrogens with zero attached hydrogens (tertiary/aromatic N) is 3. The van der Waals surface area contributed by atoms with E-state index in [1.165, 1.54) is 21.8 Å². The van der Waals surface area contributed by atoms with Crippen LogP contribution >= 0.6 is 11.3 Å². The minimum absolute atomic E-state index is 0.230. The Balaban J connectivity index is 1.94. The molecule has 2 rings (SSSR count). The highest BCUT2D eigenvalue weighted by Crippen LogP contribution is 2.19. The number of hydrogen-bond donors (Lipinski definition) is 2. The minimum atomic E-state index is -0.941. The predicted octanol–water partition coefficient (Wildman–Crippen LogP) is 2.67. The van der Waals surface area contributed by atoms with Crippen molar-refractivity contribution in [1.29, 1.82) is 0 Å². The summed E-state index contributed by atoms with van der Waals surface area (Å²) in [5, 5.41) is 21.8. The van der Waals surface area contributed by atoms with Crippen LogP contribution in [0.3, 0.4) is 0 Å². The van der Waals surface area contributed by atoms with Crippen LogP contribution in [0.1, 0.15) is 30.0 Å². The average Bonchev–Trinajstić information content (AvgIpc) is 2.86. The predicted molar refractivity (Wildman–Crippen MR) is 91.8 cm³/mol. The van der Waals surface area contributed by atoms with Crippen LogP contribution in [0.25, 0.3) is 0 Å². The van der Waals surface area contributed by atoms with E-state index in [-0.39, 0.29) is 12.6 Å². The van der Waals surface area contributed by atoms with Crippen LogP contribution in [0.2, 0.25) is 0 Å². The molecule has 2 N–H and O–H groups in total. The molecule has 0 saturated carbocycles. The molecular weight excluding hydrogens is 312 g/mol. The van der Waals surface area contributed by atoms with Gasteiger partial charge in [-0.25, -0.2) is 4.79 Å². The molecule has 1 aromatic heterocycles. The van der Waals surface area contributed by atoms with Gasteiger partial charge in [0.05, 0.1) is 12.1 Å². The summed E-state index contributed by atoms with van der Waals surface area (Å²) < 4.78 is 0. The number of benzene rings is 1. The van der Waals surface area contributed by atoms with Crippen LogP contribution in [-0.4, -0.2) is 45.4 Å². The monoisotopic (exact) mass is 334 g/mol. The summed E-state index contributed by atoms with van der Waals surface area (Å²) in [6.45, 7) is 5.59. The highest BCUT2D eigenvalue weighted by atomic mass is 32.1. The Morgan fingerprint density at radius 2 is 1.96 bits per heavy atom. The summed E-state index contributed by atoms with van der Waals surface area (Å²) in [5.41, 5.74) is 1.43. The number of aliphatic hydroxyl groups is 1. The number of nitrogens with one attached hydrogen (secondary N) is 1. The number of anilines is 1. The average molecular weight is 334 g/mol. The third-order valence-corrected chi connectivity index (χ3v) is 3.97. The minimum Gasteiger partial charge on any atom is -0.389 e. The Labute approximate surface area is 140 Å². The molecule has 0 unspecified atom stereocenters. The van der Waals surface area contributed by atoms with Gasteiger partial charge in [-0.1, -0.05) is 41.2 Å². The van der Waals surface area contributed by atoms with Crippen molar-refractivity contribution in [3.8, 4) is 0 Å². The maximum atomic E-state index is 12.0. The fourth-order valence-corrected chi connectivity index (χ4v) is 2.86. The van der Waals surface area contributed by atoms with Crippen molar-refractivity contribution in [1.82, 2.24) is 15.1 Å². The molecule has 0 radical (unpaired) electrons. The van der Waals surface area contributed by atoms with Crippen molar-refractivity contribution >= 4 is 22.5 Å². The van der Waals surface area contributed by atoms with E-state index in [0.29, 0.717) is 11.6 Å². The lowest BCUT2D eigenvalue weighted by Crippen LogP contribution is -2.41. The van der Waals surface area contributed by atoms with Crippen molar-refractivity contribution in [3.05, 3.63) is 40.4 Å². The zero-order chi connectivity index (χ0) is 17.0. The highest BCUT2D eigenvalue weighted by molar-refractivity contribution is 7.15. The van der Waals surface area contributed by atoms with Crippen molar-refractivity contribution in [2.75, 3.05) is 18.9 Å². The van der Waals surface area contributed by atoms with E-state index in [2.05, 4.69) is 39.8 Å². The van der Waals surface area contributed by atoms with Crippen LogP contribution in [0.5, 0.6) is 0 Å². The summed E-state index contributed by atoms with van der Waals surface area (Å²) in [6.07, 6.45) is 0.688. The number of carbonyl (C=O) groups is 1. The van der Waals surface area contributed by atoms with Crippen LogP contribution in [0, 0.1) is 6.92 Å². The van der Waals surface area contributed by atoms with Gasteiger partial charge in [0.15, 0.2) is 0 Å². The van der Waals surface area contributed by atoms with Gasteiger partial charge in [-0.2, -0.15) is 0 Å². The number of urea groups is 1. The lowest BCUT2D eigenvalue weighted by atomic mass is 10.1. The number of aryl methyl sites for hydroxylation is 1. The van der Waals surface area contributed by atoms with Crippen LogP contribution < -0.4 is 5.32 Å². The van der Waals surface area contributed by atoms with Gasteiger partial charge in [0, 0.05) is 13.5 Å². The maximum Gasteiger partial charge on any atom is 0.323 e. The third kappa shape index (κ3) is 5.61. The van der Waals surface area contributed by atoms with Gasteiger partial charge in [-0.05, 0) is 26.3 Å². The quantitative estimate of drug-likeness (QED) is 0.881. The lowest BCUT2D eigenvalue weighted by molar-refractivity contribution is 0.0550. The molecule has 0 aliphatic rings. The van der Waals surface area contributed by atoms with Gasteiger partial charge >= 0.3 is 6.03 Å². The summed E-state index contributed by atoms with van der Waals surface area (Å²) in [7, 11) is 1.63. The van der Waals surface area contributed by atoms with Gasteiger partial charge in [0.1, 0.15) is 5.01 Å². The second kappa shape index (κ2) is 7.06. The Morgan fingerprint density at radius 1 is 1.30 bits per heavy atom. The Bertz CT molecular complexity index is 661. The smallest absolute Gasteiger partial charge is 0.323 e. The van der Waals surface area contributed by atoms with E-state index in [1.54, 1.807) is 20.9 Å². The molecule has 0 spiro atoms. The zero-order valence-corrected chi connectivity index (χ0v) is 14.6. The summed E-state index contributed by atoms with van der Waals surface area (Å²) >= 11 is 1.35. The standard InChI is InChI=1S/C16H22N4O2S/c1-11-5-7-12(8-6-11)9-13-18-19-14(23-13)17-15(21)20(4)10-16(2,3)22/h5-8,22H,9-10H2,1-4H3,(H,17,19,21). The Morgan fingerprint density at radius 3 is 2.57 bits per heavy atom. The molecule has 0 aliphatic carbocycles. The SMILES string of the molecule is Cc1ccc(Cc2nnc(NC(=O)N(C)CC(C)(C)O)s2)cc1. The zero-order valence-electron chi connectivity index (χ0n) is 13.8. The van der Waals surface area contributed by atoms with Crippen LogP contribution in [-0.2, 0) is 6.42 Å². The van der Waals surface area contributed by atoms with E-state index >= 15 is 0 Å². The first-order valence-corrected chi connectivity index (χ1v) is 8.17. The fraction of sp³-hybridized carbons (Fsp3) is 0.438. The normalized spacial score (nSPS) is 11.3. The van der Waals surface area contributed by atoms with Gasteiger partial charge in [0.2, 0.25) is 5.13 Å². The summed E-state index contributed by atoms with van der Waals surface area (Å²) in [4.78, 5) is 13.5. The highest BCUT2D eigenvalue weighted by Gasteiger charge is 2.20. The van der Waals surface area contributed by atoms with Crippen molar-refractivity contribution in [2.24, 2.45) is 0 Å². The molecule has 0 atom stereocenters. The number of hydrogen-bond acceptors (Lipinski definition) is 5. The second-order valence-electron chi connectivity index (χ2n) is 6.26. The fourth-order valence-electron chi connectivity index (χ4n) is 2.10. The van der Waals surface area contributed by atoms with E-state index in [0.717, 1.165) is 10.6 Å². The largest absolute Gasteiger partial charge is 0.389 e. The molecule has 6 nitrogen and oxygen atoms in total. The van der Waals surface area contributed by atoms with Gasteiger partial charge in [-0.15, -0.1) is 10.2 Å². The Hall–Kier alpha value is -1.99. The second-order valence-corrected chi connectivity index (χ2v) is 7.32. The maximum absolute atomic E-state index is 12.0. The van der Waals surface area contributed by atoms with Crippen LogP contribution in [0.4, 0.5) is 9.93 Å². The molecule has 2 aromatic rings. The lowest BCUT2D eigenvalue weighted by Gasteiger charge is -2.25. The first kappa shape index (κ1) is 17.4.